The number of carbonyl (C=O) groups excluding carboxylic acids is 1. The van der Waals surface area contributed by atoms with Crippen LogP contribution in [0.15, 0.2) is 42.6 Å². The van der Waals surface area contributed by atoms with Crippen molar-refractivity contribution >= 4 is 50.8 Å². The summed E-state index contributed by atoms with van der Waals surface area (Å²) in [5.41, 5.74) is 5.84. The number of nitrogens with one attached hydrogen (secondary N) is 1. The lowest BCUT2D eigenvalue weighted by atomic mass is 9.95. The van der Waals surface area contributed by atoms with Crippen LogP contribution in [-0.4, -0.2) is 106 Å². The highest BCUT2D eigenvalue weighted by Crippen LogP contribution is 2.41. The van der Waals surface area contributed by atoms with Crippen molar-refractivity contribution in [2.75, 3.05) is 57.0 Å². The number of ether oxygens (including phenoxy) is 1. The van der Waals surface area contributed by atoms with Crippen LogP contribution in [0.3, 0.4) is 0 Å². The highest BCUT2D eigenvalue weighted by Gasteiger charge is 2.49. The van der Waals surface area contributed by atoms with Crippen molar-refractivity contribution in [2.24, 2.45) is 0 Å². The number of nitrogens with zero attached hydrogens (tertiary/aromatic N) is 7. The molecule has 3 N–H and O–H groups in total. The molecule has 0 unspecified atom stereocenters. The Labute approximate surface area is 287 Å². The molecule has 4 aromatic rings. The minimum absolute atomic E-state index is 0.00120. The van der Waals surface area contributed by atoms with E-state index in [1.807, 2.05) is 29.0 Å². The first kappa shape index (κ1) is 32.0. The molecule has 0 spiro atoms. The standard InChI is InChI=1S/C35H38ClF2N9O2/c1-45(23-9-13-46(18-23)27(48)7-6-22-8-11-40-22)33-24-16-41-32(31-28-20(14-26(39)42-31)4-2-5-25(28)36)29(38)30(24)43-34(44-33)49-19-35-10-3-12-47(35)17-21(37)15-35/h2,4-7,14,16,21-23,40H,3,8-13,15,17-19H2,1H3,(H2,39,42)/b7-6+/t21-,22+,23-,35+/m1/s1. The number of fused-ring (bicyclic) bond motifs is 3. The normalized spacial score (nSPS) is 25.4. The van der Waals surface area contributed by atoms with E-state index in [-0.39, 0.29) is 53.3 Å². The number of likely N-dealkylation sites (N-methyl/N-ethyl adjacent to an activating group) is 1. The molecular weight excluding hydrogens is 652 g/mol. The zero-order valence-corrected chi connectivity index (χ0v) is 28.0. The molecule has 3 aromatic heterocycles. The number of nitrogen functional groups attached to an aromatic ring is 1. The molecule has 256 valence electrons. The van der Waals surface area contributed by atoms with Gasteiger partial charge in [-0.25, -0.2) is 13.8 Å². The molecule has 4 saturated heterocycles. The molecule has 4 fully saturated rings. The third kappa shape index (κ3) is 5.81. The number of likely N-dealkylation sites (tertiary alicyclic amines) is 1. The zero-order valence-electron chi connectivity index (χ0n) is 27.2. The van der Waals surface area contributed by atoms with Crippen LogP contribution in [0.1, 0.15) is 32.1 Å². The van der Waals surface area contributed by atoms with Gasteiger partial charge in [0.1, 0.15) is 41.3 Å². The number of halogens is 3. The van der Waals surface area contributed by atoms with Gasteiger partial charge in [-0.1, -0.05) is 29.8 Å². The second-order valence-corrected chi connectivity index (χ2v) is 14.1. The van der Waals surface area contributed by atoms with Crippen molar-refractivity contribution in [1.29, 1.82) is 0 Å². The number of rotatable bonds is 8. The van der Waals surface area contributed by atoms with E-state index < -0.39 is 17.5 Å². The molecule has 4 atom stereocenters. The first-order valence-electron chi connectivity index (χ1n) is 16.9. The van der Waals surface area contributed by atoms with Crippen LogP contribution in [0.2, 0.25) is 5.02 Å². The number of amides is 1. The number of nitrogens with two attached hydrogens (primary N) is 1. The number of hydrogen-bond acceptors (Lipinski definition) is 10. The van der Waals surface area contributed by atoms with E-state index in [1.165, 1.54) is 6.20 Å². The summed E-state index contributed by atoms with van der Waals surface area (Å²) < 4.78 is 37.6. The fraction of sp³-hybridized carbons (Fsp3) is 0.457. The number of pyridine rings is 2. The van der Waals surface area contributed by atoms with E-state index in [0.717, 1.165) is 32.4 Å². The summed E-state index contributed by atoms with van der Waals surface area (Å²) >= 11 is 6.59. The van der Waals surface area contributed by atoms with Crippen molar-refractivity contribution in [1.82, 2.24) is 35.1 Å². The molecule has 49 heavy (non-hydrogen) atoms. The van der Waals surface area contributed by atoms with Crippen LogP contribution in [0.4, 0.5) is 20.4 Å². The van der Waals surface area contributed by atoms with Gasteiger partial charge in [-0.15, -0.1) is 0 Å². The monoisotopic (exact) mass is 689 g/mol. The quantitative estimate of drug-likeness (QED) is 0.255. The Morgan fingerprint density at radius 3 is 2.90 bits per heavy atom. The van der Waals surface area contributed by atoms with E-state index >= 15 is 4.39 Å². The molecule has 0 bridgehead atoms. The number of benzene rings is 1. The summed E-state index contributed by atoms with van der Waals surface area (Å²) in [6.07, 6.45) is 8.04. The Kier molecular flexibility index (Phi) is 8.24. The Bertz CT molecular complexity index is 1980. The summed E-state index contributed by atoms with van der Waals surface area (Å²) in [6, 6.07) is 7.13. The molecular formula is C35H38ClF2N9O2. The van der Waals surface area contributed by atoms with Gasteiger partial charge in [0.25, 0.3) is 0 Å². The lowest BCUT2D eigenvalue weighted by molar-refractivity contribution is -0.125. The highest BCUT2D eigenvalue weighted by molar-refractivity contribution is 6.36. The average Bonchev–Trinajstić information content (AvgIpc) is 3.77. The van der Waals surface area contributed by atoms with Crippen LogP contribution >= 0.6 is 11.6 Å². The van der Waals surface area contributed by atoms with Gasteiger partial charge in [0.2, 0.25) is 5.91 Å². The lowest BCUT2D eigenvalue weighted by Gasteiger charge is -2.31. The van der Waals surface area contributed by atoms with Gasteiger partial charge in [-0.3, -0.25) is 14.7 Å². The molecule has 1 aromatic carbocycles. The number of carbonyl (C=O) groups is 1. The molecule has 0 aliphatic carbocycles. The number of aromatic nitrogens is 4. The van der Waals surface area contributed by atoms with Crippen molar-refractivity contribution < 1.29 is 18.3 Å². The van der Waals surface area contributed by atoms with E-state index in [9.17, 15) is 9.18 Å². The average molecular weight is 690 g/mol. The Hall–Kier alpha value is -4.20. The van der Waals surface area contributed by atoms with Gasteiger partial charge in [0, 0.05) is 62.8 Å². The van der Waals surface area contributed by atoms with Gasteiger partial charge in [0.05, 0.1) is 15.9 Å². The second kappa shape index (κ2) is 12.6. The molecule has 4 aliphatic heterocycles. The van der Waals surface area contributed by atoms with Crippen molar-refractivity contribution in [3.05, 3.63) is 53.5 Å². The van der Waals surface area contributed by atoms with Gasteiger partial charge in [-0.05, 0) is 56.3 Å². The minimum atomic E-state index is -0.922. The zero-order chi connectivity index (χ0) is 33.9. The first-order valence-corrected chi connectivity index (χ1v) is 17.2. The molecule has 4 aliphatic rings. The summed E-state index contributed by atoms with van der Waals surface area (Å²) in [6.45, 7) is 3.40. The van der Waals surface area contributed by atoms with Crippen LogP contribution < -0.4 is 20.7 Å². The summed E-state index contributed by atoms with van der Waals surface area (Å²) in [5.74, 6) is -0.143. The summed E-state index contributed by atoms with van der Waals surface area (Å²) in [5, 5.41) is 5.25. The maximum atomic E-state index is 16.8. The summed E-state index contributed by atoms with van der Waals surface area (Å²) in [4.78, 5) is 37.3. The number of anilines is 2. The van der Waals surface area contributed by atoms with Gasteiger partial charge in [0.15, 0.2) is 5.82 Å². The SMILES string of the molecule is CN(c1nc(OC[C@@]23CCCN2C[C@H](F)C3)nc2c(F)c(-c3nc(N)cc4cccc(Cl)c34)ncc12)[C@@H]1CCN(C(=O)/C=C/[C@H]2CCN2)C1. The Morgan fingerprint density at radius 1 is 1.22 bits per heavy atom. The Morgan fingerprint density at radius 2 is 2.08 bits per heavy atom. The van der Waals surface area contributed by atoms with Crippen LogP contribution in [0, 0.1) is 5.82 Å². The van der Waals surface area contributed by atoms with Gasteiger partial charge >= 0.3 is 6.01 Å². The first-order chi connectivity index (χ1) is 23.7. The minimum Gasteiger partial charge on any atom is -0.461 e. The Balaban J connectivity index is 1.17. The van der Waals surface area contributed by atoms with E-state index in [1.54, 1.807) is 24.3 Å². The molecule has 7 heterocycles. The van der Waals surface area contributed by atoms with Crippen LogP contribution in [-0.2, 0) is 4.79 Å². The number of hydrogen-bond donors (Lipinski definition) is 2. The maximum Gasteiger partial charge on any atom is 0.319 e. The third-order valence-electron chi connectivity index (χ3n) is 10.6. The van der Waals surface area contributed by atoms with Gasteiger partial charge < -0.3 is 25.6 Å². The fourth-order valence-corrected chi connectivity index (χ4v) is 8.11. The summed E-state index contributed by atoms with van der Waals surface area (Å²) in [7, 11) is 1.87. The molecule has 14 heteroatoms. The second-order valence-electron chi connectivity index (χ2n) is 13.7. The molecule has 11 nitrogen and oxygen atoms in total. The molecule has 8 rings (SSSR count). The molecule has 1 amide bonds. The van der Waals surface area contributed by atoms with E-state index in [2.05, 4.69) is 25.2 Å². The smallest absolute Gasteiger partial charge is 0.319 e. The molecule has 0 saturated carbocycles. The van der Waals surface area contributed by atoms with Gasteiger partial charge in [-0.2, -0.15) is 9.97 Å². The van der Waals surface area contributed by atoms with Crippen LogP contribution in [0.5, 0.6) is 6.01 Å². The highest BCUT2D eigenvalue weighted by atomic mass is 35.5. The maximum absolute atomic E-state index is 16.8. The number of alkyl halides is 1. The van der Waals surface area contributed by atoms with E-state index in [4.69, 9.17) is 27.1 Å². The predicted molar refractivity (Wildman–Crippen MR) is 185 cm³/mol. The van der Waals surface area contributed by atoms with Crippen molar-refractivity contribution in [3.63, 3.8) is 0 Å². The largest absolute Gasteiger partial charge is 0.461 e. The third-order valence-corrected chi connectivity index (χ3v) is 10.9. The van der Waals surface area contributed by atoms with Crippen molar-refractivity contribution in [3.8, 4) is 17.4 Å². The fourth-order valence-electron chi connectivity index (χ4n) is 7.84. The van der Waals surface area contributed by atoms with Crippen LogP contribution in [0.25, 0.3) is 33.1 Å². The topological polar surface area (TPSA) is 126 Å². The predicted octanol–water partition coefficient (Wildman–Crippen LogP) is 4.53. The lowest BCUT2D eigenvalue weighted by Crippen LogP contribution is -2.43. The van der Waals surface area contributed by atoms with E-state index in [0.29, 0.717) is 59.5 Å². The molecule has 0 radical (unpaired) electrons. The van der Waals surface area contributed by atoms with Crippen molar-refractivity contribution in [2.45, 2.75) is 55.9 Å².